The number of hydrogen-bond acceptors (Lipinski definition) is 5. The molecule has 1 heterocycles. The van der Waals surface area contributed by atoms with E-state index in [4.69, 9.17) is 23.2 Å². The predicted octanol–water partition coefficient (Wildman–Crippen LogP) is 3.47. The van der Waals surface area contributed by atoms with Crippen molar-refractivity contribution in [3.63, 3.8) is 0 Å². The minimum absolute atomic E-state index is 0.0294. The van der Waals surface area contributed by atoms with Gasteiger partial charge in [0, 0.05) is 26.6 Å². The van der Waals surface area contributed by atoms with Crippen molar-refractivity contribution in [3.05, 3.63) is 63.6 Å². The number of nitrogens with one attached hydrogen (secondary N) is 1. The largest absolute Gasteiger partial charge is 0.357 e. The molecule has 34 heavy (non-hydrogen) atoms. The van der Waals surface area contributed by atoms with E-state index >= 15 is 0 Å². The SMILES string of the molecule is CC[C@@H](C(=O)NC)N(Cc1ccc(Cl)c(Cl)c1)C(=O)CCCN1C(=O)c2ccccc2S1(=O)=O. The van der Waals surface area contributed by atoms with Gasteiger partial charge in [0.25, 0.3) is 15.9 Å². The molecule has 0 bridgehead atoms. The van der Waals surface area contributed by atoms with E-state index in [1.54, 1.807) is 37.3 Å². The zero-order chi connectivity index (χ0) is 25.0. The Morgan fingerprint density at radius 2 is 1.82 bits per heavy atom. The summed E-state index contributed by atoms with van der Waals surface area (Å²) < 4.78 is 26.2. The van der Waals surface area contributed by atoms with E-state index in [0.717, 1.165) is 4.31 Å². The van der Waals surface area contributed by atoms with Gasteiger partial charge >= 0.3 is 0 Å². The van der Waals surface area contributed by atoms with Crippen molar-refractivity contribution in [3.8, 4) is 0 Å². The van der Waals surface area contributed by atoms with Gasteiger partial charge in [-0.1, -0.05) is 48.3 Å². The second kappa shape index (κ2) is 10.8. The van der Waals surface area contributed by atoms with Crippen LogP contribution in [0.1, 0.15) is 42.1 Å². The number of carbonyl (C=O) groups is 3. The van der Waals surface area contributed by atoms with E-state index in [9.17, 15) is 22.8 Å². The summed E-state index contributed by atoms with van der Waals surface area (Å²) in [6, 6.07) is 10.3. The number of carbonyl (C=O) groups excluding carboxylic acids is 3. The van der Waals surface area contributed by atoms with Gasteiger partial charge in [0.15, 0.2) is 0 Å². The van der Waals surface area contributed by atoms with Crippen molar-refractivity contribution in [1.82, 2.24) is 14.5 Å². The molecular formula is C23H25Cl2N3O5S. The molecule has 0 aliphatic carbocycles. The molecule has 1 N–H and O–H groups in total. The first-order valence-electron chi connectivity index (χ1n) is 10.7. The summed E-state index contributed by atoms with van der Waals surface area (Å²) in [5.74, 6) is -1.26. The Morgan fingerprint density at radius 3 is 2.44 bits per heavy atom. The molecule has 11 heteroatoms. The van der Waals surface area contributed by atoms with E-state index in [-0.39, 0.29) is 48.2 Å². The number of halogens is 2. The number of sulfonamides is 1. The smallest absolute Gasteiger partial charge is 0.269 e. The van der Waals surface area contributed by atoms with Crippen molar-refractivity contribution in [1.29, 1.82) is 0 Å². The molecule has 0 saturated heterocycles. The Kier molecular flexibility index (Phi) is 8.22. The van der Waals surface area contributed by atoms with E-state index in [1.165, 1.54) is 24.1 Å². The van der Waals surface area contributed by atoms with Crippen molar-refractivity contribution in [2.75, 3.05) is 13.6 Å². The van der Waals surface area contributed by atoms with Crippen LogP contribution in [-0.4, -0.2) is 55.0 Å². The maximum atomic E-state index is 13.2. The highest BCUT2D eigenvalue weighted by atomic mass is 35.5. The van der Waals surface area contributed by atoms with Crippen LogP contribution in [0.2, 0.25) is 10.0 Å². The molecule has 182 valence electrons. The number of fused-ring (bicyclic) bond motifs is 1. The molecular weight excluding hydrogens is 501 g/mol. The predicted molar refractivity (Wildman–Crippen MR) is 129 cm³/mol. The molecule has 3 amide bonds. The number of likely N-dealkylation sites (N-methyl/N-ethyl adjacent to an activating group) is 1. The summed E-state index contributed by atoms with van der Waals surface area (Å²) in [4.78, 5) is 39.6. The molecule has 2 aromatic rings. The third-order valence-corrected chi connectivity index (χ3v) is 8.21. The highest BCUT2D eigenvalue weighted by Crippen LogP contribution is 2.30. The first-order valence-corrected chi connectivity index (χ1v) is 12.9. The quantitative estimate of drug-likeness (QED) is 0.539. The average molecular weight is 526 g/mol. The van der Waals surface area contributed by atoms with Crippen LogP contribution in [0.4, 0.5) is 0 Å². The first kappa shape index (κ1) is 26.0. The minimum atomic E-state index is -3.94. The second-order valence-electron chi connectivity index (χ2n) is 7.79. The Bertz CT molecular complexity index is 1220. The zero-order valence-corrected chi connectivity index (χ0v) is 21.1. The van der Waals surface area contributed by atoms with E-state index in [0.29, 0.717) is 22.0 Å². The van der Waals surface area contributed by atoms with Crippen LogP contribution in [0, 0.1) is 0 Å². The van der Waals surface area contributed by atoms with Gasteiger partial charge in [-0.25, -0.2) is 12.7 Å². The number of benzene rings is 2. The molecule has 2 aromatic carbocycles. The Hall–Kier alpha value is -2.62. The van der Waals surface area contributed by atoms with Crippen LogP contribution in [-0.2, 0) is 26.2 Å². The van der Waals surface area contributed by atoms with Crippen LogP contribution >= 0.6 is 23.2 Å². The lowest BCUT2D eigenvalue weighted by molar-refractivity contribution is -0.141. The lowest BCUT2D eigenvalue weighted by Crippen LogP contribution is -2.48. The highest BCUT2D eigenvalue weighted by molar-refractivity contribution is 7.90. The van der Waals surface area contributed by atoms with Crippen LogP contribution in [0.15, 0.2) is 47.4 Å². The third-order valence-electron chi connectivity index (χ3n) is 5.63. The maximum Gasteiger partial charge on any atom is 0.269 e. The van der Waals surface area contributed by atoms with Gasteiger partial charge < -0.3 is 10.2 Å². The first-order chi connectivity index (χ1) is 16.1. The van der Waals surface area contributed by atoms with Crippen molar-refractivity contribution < 1.29 is 22.8 Å². The van der Waals surface area contributed by atoms with Gasteiger partial charge in [-0.15, -0.1) is 0 Å². The molecule has 8 nitrogen and oxygen atoms in total. The number of nitrogens with zero attached hydrogens (tertiary/aromatic N) is 2. The van der Waals surface area contributed by atoms with Gasteiger partial charge in [0.1, 0.15) is 10.9 Å². The summed E-state index contributed by atoms with van der Waals surface area (Å²) in [6.07, 6.45) is 0.436. The van der Waals surface area contributed by atoms with E-state index in [1.807, 2.05) is 0 Å². The van der Waals surface area contributed by atoms with Crippen LogP contribution < -0.4 is 5.32 Å². The zero-order valence-electron chi connectivity index (χ0n) is 18.8. The number of amides is 3. The fourth-order valence-corrected chi connectivity index (χ4v) is 5.82. The minimum Gasteiger partial charge on any atom is -0.357 e. The van der Waals surface area contributed by atoms with Crippen LogP contribution in [0.3, 0.4) is 0 Å². The van der Waals surface area contributed by atoms with E-state index < -0.39 is 22.0 Å². The Labute approximate surface area is 208 Å². The molecule has 0 radical (unpaired) electrons. The summed E-state index contributed by atoms with van der Waals surface area (Å²) in [5, 5.41) is 3.28. The van der Waals surface area contributed by atoms with Crippen molar-refractivity contribution >= 4 is 50.9 Å². The monoisotopic (exact) mass is 525 g/mol. The normalized spacial score (nSPS) is 15.1. The highest BCUT2D eigenvalue weighted by Gasteiger charge is 2.40. The fraction of sp³-hybridized carbons (Fsp3) is 0.348. The molecule has 0 unspecified atom stereocenters. The lowest BCUT2D eigenvalue weighted by atomic mass is 10.1. The standard InChI is InChI=1S/C23H25Cl2N3O5S/c1-3-19(22(30)26-2)27(14-15-10-11-17(24)18(25)13-15)21(29)9-6-12-28-23(31)16-7-4-5-8-20(16)34(28,32)33/h4-5,7-8,10-11,13,19H,3,6,9,12,14H2,1-2H3,(H,26,30)/t19-/m0/s1. The molecule has 0 fully saturated rings. The van der Waals surface area contributed by atoms with Crippen molar-refractivity contribution in [2.24, 2.45) is 0 Å². The summed E-state index contributed by atoms with van der Waals surface area (Å²) >= 11 is 12.1. The van der Waals surface area contributed by atoms with Crippen LogP contribution in [0.5, 0.6) is 0 Å². The lowest BCUT2D eigenvalue weighted by Gasteiger charge is -2.30. The Balaban J connectivity index is 1.74. The fourth-order valence-electron chi connectivity index (χ4n) is 3.89. The van der Waals surface area contributed by atoms with Gasteiger partial charge in [-0.2, -0.15) is 0 Å². The maximum absolute atomic E-state index is 13.2. The number of rotatable bonds is 9. The molecule has 0 spiro atoms. The average Bonchev–Trinajstić information content (AvgIpc) is 3.01. The van der Waals surface area contributed by atoms with Gasteiger partial charge in [-0.3, -0.25) is 14.4 Å². The molecule has 1 aliphatic rings. The molecule has 0 saturated carbocycles. The summed E-state index contributed by atoms with van der Waals surface area (Å²) in [7, 11) is -2.45. The van der Waals surface area contributed by atoms with E-state index in [2.05, 4.69) is 5.32 Å². The summed E-state index contributed by atoms with van der Waals surface area (Å²) in [5.41, 5.74) is 0.818. The number of hydrogen-bond donors (Lipinski definition) is 1. The van der Waals surface area contributed by atoms with Gasteiger partial charge in [-0.05, 0) is 42.7 Å². The molecule has 3 rings (SSSR count). The third kappa shape index (κ3) is 5.21. The topological polar surface area (TPSA) is 104 Å². The summed E-state index contributed by atoms with van der Waals surface area (Å²) in [6.45, 7) is 1.77. The molecule has 1 aliphatic heterocycles. The van der Waals surface area contributed by atoms with Crippen molar-refractivity contribution in [2.45, 2.75) is 43.7 Å². The second-order valence-corrected chi connectivity index (χ2v) is 10.4. The molecule has 1 atom stereocenters. The van der Waals surface area contributed by atoms with Gasteiger partial charge in [0.2, 0.25) is 11.8 Å². The van der Waals surface area contributed by atoms with Gasteiger partial charge in [0.05, 0.1) is 15.6 Å². The molecule has 0 aromatic heterocycles. The Morgan fingerprint density at radius 1 is 1.12 bits per heavy atom. The van der Waals surface area contributed by atoms with Crippen LogP contribution in [0.25, 0.3) is 0 Å².